The lowest BCUT2D eigenvalue weighted by atomic mass is 10.3. The molecule has 1 aromatic carbocycles. The zero-order valence-electron chi connectivity index (χ0n) is 14.3. The molecular weight excluding hydrogens is 356 g/mol. The van der Waals surface area contributed by atoms with Crippen molar-refractivity contribution in [2.45, 2.75) is 23.7 Å². The molecular formula is C18H18N2O5S. The van der Waals surface area contributed by atoms with Crippen molar-refractivity contribution in [3.05, 3.63) is 60.1 Å². The zero-order valence-corrected chi connectivity index (χ0v) is 15.1. The van der Waals surface area contributed by atoms with E-state index >= 15 is 0 Å². The van der Waals surface area contributed by atoms with Crippen molar-refractivity contribution >= 4 is 21.5 Å². The molecule has 0 bridgehead atoms. The number of methoxy groups -OCH3 is 1. The molecule has 0 radical (unpaired) electrons. The lowest BCUT2D eigenvalue weighted by molar-refractivity contribution is -0.114. The van der Waals surface area contributed by atoms with Crippen molar-refractivity contribution in [2.24, 2.45) is 4.99 Å². The highest BCUT2D eigenvalue weighted by atomic mass is 32.2. The minimum Gasteiger partial charge on any atom is -0.497 e. The van der Waals surface area contributed by atoms with Crippen LogP contribution in [0, 0.1) is 6.92 Å². The number of hydrogen-bond donors (Lipinski definition) is 1. The monoisotopic (exact) mass is 374 g/mol. The summed E-state index contributed by atoms with van der Waals surface area (Å²) >= 11 is 0. The molecule has 0 spiro atoms. The summed E-state index contributed by atoms with van der Waals surface area (Å²) in [6.45, 7) is 2.09. The van der Waals surface area contributed by atoms with Crippen LogP contribution in [-0.4, -0.2) is 32.5 Å². The van der Waals surface area contributed by atoms with Crippen LogP contribution in [0.25, 0.3) is 0 Å². The lowest BCUT2D eigenvalue weighted by Crippen LogP contribution is -2.29. The van der Waals surface area contributed by atoms with Crippen LogP contribution in [0.4, 0.5) is 0 Å². The molecule has 1 N–H and O–H groups in total. The fourth-order valence-electron chi connectivity index (χ4n) is 2.45. The van der Waals surface area contributed by atoms with Crippen LogP contribution in [0.3, 0.4) is 0 Å². The van der Waals surface area contributed by atoms with Gasteiger partial charge in [-0.2, -0.15) is 0 Å². The van der Waals surface area contributed by atoms with Crippen molar-refractivity contribution in [1.29, 1.82) is 0 Å². The summed E-state index contributed by atoms with van der Waals surface area (Å²) in [5.74, 6) is 0.714. The van der Waals surface area contributed by atoms with E-state index in [1.807, 2.05) is 13.0 Å². The first kappa shape index (κ1) is 17.9. The van der Waals surface area contributed by atoms with E-state index in [0.29, 0.717) is 11.5 Å². The Labute approximate surface area is 151 Å². The summed E-state index contributed by atoms with van der Waals surface area (Å²) in [5.41, 5.74) is 1.02. The largest absolute Gasteiger partial charge is 0.497 e. The van der Waals surface area contributed by atoms with Crippen molar-refractivity contribution in [3.63, 3.8) is 0 Å². The lowest BCUT2D eigenvalue weighted by Gasteiger charge is -2.08. The third-order valence-corrected chi connectivity index (χ3v) is 5.66. The first-order chi connectivity index (χ1) is 12.4. The Morgan fingerprint density at radius 1 is 1.31 bits per heavy atom. The standard InChI is InChI=1S/C18H18N2O5S/c1-12-9-14(25-11-12)10-19-18(21)16-7-8-17(20-16)26(22,23)15-5-3-13(24-2)4-6-15/h3-9,11,17H,10H2,1-2H3,(H,19,21). The number of furan rings is 1. The minimum atomic E-state index is -3.72. The number of hydrogen-bond acceptors (Lipinski definition) is 6. The van der Waals surface area contributed by atoms with Gasteiger partial charge in [0.1, 0.15) is 17.2 Å². The van der Waals surface area contributed by atoms with Gasteiger partial charge in [-0.3, -0.25) is 9.79 Å². The molecule has 0 aliphatic carbocycles. The van der Waals surface area contributed by atoms with Gasteiger partial charge in [0.25, 0.3) is 5.91 Å². The van der Waals surface area contributed by atoms with Crippen LogP contribution in [0.5, 0.6) is 5.75 Å². The number of benzene rings is 1. The Kier molecular flexibility index (Phi) is 4.94. The molecule has 1 aliphatic rings. The van der Waals surface area contributed by atoms with Crippen LogP contribution in [-0.2, 0) is 21.2 Å². The van der Waals surface area contributed by atoms with Gasteiger partial charge in [-0.15, -0.1) is 0 Å². The predicted octanol–water partition coefficient (Wildman–Crippen LogP) is 2.02. The van der Waals surface area contributed by atoms with Crippen molar-refractivity contribution < 1.29 is 22.4 Å². The van der Waals surface area contributed by atoms with Gasteiger partial charge >= 0.3 is 0 Å². The maximum Gasteiger partial charge on any atom is 0.269 e. The van der Waals surface area contributed by atoms with Crippen LogP contribution in [0.2, 0.25) is 0 Å². The number of aliphatic imine (C=N–C) groups is 1. The molecule has 0 fully saturated rings. The number of nitrogens with one attached hydrogen (secondary N) is 1. The number of sulfone groups is 1. The SMILES string of the molecule is COc1ccc(S(=O)(=O)C2C=CC(C(=O)NCc3cc(C)co3)=N2)cc1. The summed E-state index contributed by atoms with van der Waals surface area (Å²) in [4.78, 5) is 16.3. The minimum absolute atomic E-state index is 0.0652. The molecule has 2 aromatic rings. The van der Waals surface area contributed by atoms with Gasteiger partial charge in [0.2, 0.25) is 9.84 Å². The fourth-order valence-corrected chi connectivity index (χ4v) is 3.78. The number of amides is 1. The average Bonchev–Trinajstić information content (AvgIpc) is 3.29. The van der Waals surface area contributed by atoms with Crippen LogP contribution < -0.4 is 10.1 Å². The number of carbonyl (C=O) groups excluding carboxylic acids is 1. The molecule has 1 aromatic heterocycles. The first-order valence-electron chi connectivity index (χ1n) is 7.86. The molecule has 7 nitrogen and oxygen atoms in total. The van der Waals surface area contributed by atoms with E-state index in [9.17, 15) is 13.2 Å². The maximum absolute atomic E-state index is 12.6. The molecule has 0 saturated carbocycles. The van der Waals surface area contributed by atoms with Crippen LogP contribution >= 0.6 is 0 Å². The molecule has 26 heavy (non-hydrogen) atoms. The van der Waals surface area contributed by atoms with E-state index < -0.39 is 21.1 Å². The van der Waals surface area contributed by atoms with Gasteiger partial charge in [0, 0.05) is 0 Å². The normalized spacial score (nSPS) is 16.4. The molecule has 1 atom stereocenters. The molecule has 1 unspecified atom stereocenters. The number of aryl methyl sites for hydroxylation is 1. The summed E-state index contributed by atoms with van der Waals surface area (Å²) in [5, 5.41) is 1.53. The molecule has 2 heterocycles. The number of nitrogens with zero attached hydrogens (tertiary/aromatic N) is 1. The van der Waals surface area contributed by atoms with E-state index in [4.69, 9.17) is 9.15 Å². The molecule has 1 amide bonds. The third kappa shape index (κ3) is 3.70. The Balaban J connectivity index is 1.69. The highest BCUT2D eigenvalue weighted by molar-refractivity contribution is 7.92. The molecule has 0 saturated heterocycles. The molecule has 1 aliphatic heterocycles. The molecule has 3 rings (SSSR count). The van der Waals surface area contributed by atoms with Gasteiger partial charge in [-0.05, 0) is 55.0 Å². The first-order valence-corrected chi connectivity index (χ1v) is 9.41. The van der Waals surface area contributed by atoms with Gasteiger partial charge in [-0.25, -0.2) is 8.42 Å². The fraction of sp³-hybridized carbons (Fsp3) is 0.222. The number of carbonyl (C=O) groups is 1. The average molecular weight is 374 g/mol. The second kappa shape index (κ2) is 7.17. The smallest absolute Gasteiger partial charge is 0.269 e. The van der Waals surface area contributed by atoms with E-state index in [1.54, 1.807) is 18.4 Å². The number of ether oxygens (including phenoxy) is 1. The Morgan fingerprint density at radius 3 is 2.65 bits per heavy atom. The zero-order chi connectivity index (χ0) is 18.7. The van der Waals surface area contributed by atoms with Crippen molar-refractivity contribution in [1.82, 2.24) is 5.32 Å². The quantitative estimate of drug-likeness (QED) is 0.834. The van der Waals surface area contributed by atoms with E-state index in [0.717, 1.165) is 5.56 Å². The summed E-state index contributed by atoms with van der Waals surface area (Å²) < 4.78 is 35.6. The second-order valence-electron chi connectivity index (χ2n) is 5.76. The number of rotatable bonds is 6. The summed E-state index contributed by atoms with van der Waals surface area (Å²) in [7, 11) is -2.22. The van der Waals surface area contributed by atoms with Crippen LogP contribution in [0.15, 0.2) is 63.1 Å². The third-order valence-electron chi connectivity index (χ3n) is 3.83. The van der Waals surface area contributed by atoms with Crippen molar-refractivity contribution in [2.75, 3.05) is 7.11 Å². The Morgan fingerprint density at radius 2 is 2.04 bits per heavy atom. The summed E-state index contributed by atoms with van der Waals surface area (Å²) in [6.07, 6.45) is 4.39. The van der Waals surface area contributed by atoms with E-state index in [1.165, 1.54) is 31.4 Å². The van der Waals surface area contributed by atoms with Gasteiger partial charge in [0.05, 0.1) is 24.8 Å². The van der Waals surface area contributed by atoms with Gasteiger partial charge in [0.15, 0.2) is 5.37 Å². The van der Waals surface area contributed by atoms with E-state index in [-0.39, 0.29) is 17.2 Å². The Hall–Kier alpha value is -2.87. The topological polar surface area (TPSA) is 98.0 Å². The highest BCUT2D eigenvalue weighted by Crippen LogP contribution is 2.23. The van der Waals surface area contributed by atoms with Gasteiger partial charge < -0.3 is 14.5 Å². The summed E-state index contributed by atoms with van der Waals surface area (Å²) in [6, 6.07) is 7.84. The molecule has 8 heteroatoms. The molecule has 136 valence electrons. The Bertz CT molecular complexity index is 971. The second-order valence-corrected chi connectivity index (χ2v) is 7.80. The van der Waals surface area contributed by atoms with Crippen LogP contribution in [0.1, 0.15) is 11.3 Å². The van der Waals surface area contributed by atoms with Gasteiger partial charge in [-0.1, -0.05) is 0 Å². The predicted molar refractivity (Wildman–Crippen MR) is 95.8 cm³/mol. The van der Waals surface area contributed by atoms with Crippen molar-refractivity contribution in [3.8, 4) is 5.75 Å². The van der Waals surface area contributed by atoms with E-state index in [2.05, 4.69) is 10.3 Å². The highest BCUT2D eigenvalue weighted by Gasteiger charge is 2.29. The maximum atomic E-state index is 12.6.